The van der Waals surface area contributed by atoms with Gasteiger partial charge in [0.15, 0.2) is 0 Å². The summed E-state index contributed by atoms with van der Waals surface area (Å²) in [5.74, 6) is 0.00675. The van der Waals surface area contributed by atoms with Crippen LogP contribution in [0.2, 0.25) is 5.02 Å². The second-order valence-electron chi connectivity index (χ2n) is 7.29. The van der Waals surface area contributed by atoms with Crippen molar-refractivity contribution in [2.45, 2.75) is 31.9 Å². The molecule has 1 N–H and O–H groups in total. The fraction of sp³-hybridized carbons (Fsp3) is 0.526. The second kappa shape index (κ2) is 6.88. The van der Waals surface area contributed by atoms with Crippen LogP contribution >= 0.6 is 22.9 Å². The molecule has 3 heterocycles. The third-order valence-corrected chi connectivity index (χ3v) is 7.12. The Bertz CT molecular complexity index is 785. The van der Waals surface area contributed by atoms with Crippen LogP contribution in [-0.4, -0.2) is 43.7 Å². The lowest BCUT2D eigenvalue weighted by Gasteiger charge is -2.29. The Balaban J connectivity index is 1.41. The molecule has 2 fully saturated rings. The number of hydrogen-bond acceptors (Lipinski definition) is 5. The van der Waals surface area contributed by atoms with Gasteiger partial charge in [-0.25, -0.2) is 0 Å². The van der Waals surface area contributed by atoms with E-state index in [1.807, 2.05) is 12.1 Å². The lowest BCUT2D eigenvalue weighted by Crippen LogP contribution is -2.39. The molecule has 1 atom stereocenters. The molecule has 4 nitrogen and oxygen atoms in total. The molecule has 1 aromatic carbocycles. The maximum absolute atomic E-state index is 12.4. The molecule has 2 aliphatic heterocycles. The molecule has 6 heteroatoms. The first-order chi connectivity index (χ1) is 12.1. The van der Waals surface area contributed by atoms with E-state index in [1.165, 1.54) is 9.58 Å². The number of benzene rings is 1. The van der Waals surface area contributed by atoms with E-state index in [0.717, 1.165) is 55.9 Å². The van der Waals surface area contributed by atoms with Crippen molar-refractivity contribution in [2.24, 2.45) is 5.41 Å². The molecular weight excluding hydrogens is 356 g/mol. The lowest BCUT2D eigenvalue weighted by atomic mass is 9.76. The zero-order chi connectivity index (χ0) is 17.4. The van der Waals surface area contributed by atoms with Gasteiger partial charge in [0.1, 0.15) is 6.10 Å². The minimum absolute atomic E-state index is 0.00675. The van der Waals surface area contributed by atoms with Gasteiger partial charge in [-0.2, -0.15) is 0 Å². The van der Waals surface area contributed by atoms with Gasteiger partial charge < -0.3 is 10.1 Å². The molecule has 2 aromatic rings. The number of carbonyl (C=O) groups excluding carboxylic acids is 1. The number of ether oxygens (including phenoxy) is 1. The number of piperidine rings is 1. The third kappa shape index (κ3) is 3.31. The molecule has 0 radical (unpaired) electrons. The third-order valence-electron chi connectivity index (χ3n) is 5.42. The van der Waals surface area contributed by atoms with Gasteiger partial charge in [-0.3, -0.25) is 9.69 Å². The smallest absolute Gasteiger partial charge is 0.312 e. The Morgan fingerprint density at radius 2 is 2.12 bits per heavy atom. The molecule has 4 rings (SSSR count). The average Bonchev–Trinajstić information content (AvgIpc) is 3.06. The van der Waals surface area contributed by atoms with E-state index in [2.05, 4.69) is 29.4 Å². The summed E-state index contributed by atoms with van der Waals surface area (Å²) < 4.78 is 6.93. The highest BCUT2D eigenvalue weighted by Gasteiger charge is 2.49. The van der Waals surface area contributed by atoms with Crippen LogP contribution in [0.25, 0.3) is 10.1 Å². The number of nitrogens with zero attached hydrogens (tertiary/aromatic N) is 1. The van der Waals surface area contributed by atoms with E-state index < -0.39 is 0 Å². The van der Waals surface area contributed by atoms with Crippen LogP contribution in [-0.2, 0) is 16.1 Å². The van der Waals surface area contributed by atoms with Crippen molar-refractivity contribution in [3.8, 4) is 0 Å². The van der Waals surface area contributed by atoms with Gasteiger partial charge in [0.2, 0.25) is 0 Å². The van der Waals surface area contributed by atoms with E-state index in [1.54, 1.807) is 11.3 Å². The van der Waals surface area contributed by atoms with Gasteiger partial charge in [-0.1, -0.05) is 29.8 Å². The minimum atomic E-state index is -0.244. The number of hydrogen-bond donors (Lipinski definition) is 1. The van der Waals surface area contributed by atoms with E-state index in [4.69, 9.17) is 16.3 Å². The number of carbonyl (C=O) groups is 1. The lowest BCUT2D eigenvalue weighted by molar-refractivity contribution is -0.150. The first-order valence-corrected chi connectivity index (χ1v) is 10.0. The Kier molecular flexibility index (Phi) is 4.75. The molecule has 25 heavy (non-hydrogen) atoms. The Labute approximate surface area is 157 Å². The Morgan fingerprint density at radius 3 is 2.88 bits per heavy atom. The van der Waals surface area contributed by atoms with Crippen molar-refractivity contribution in [1.29, 1.82) is 0 Å². The van der Waals surface area contributed by atoms with Crippen LogP contribution in [0, 0.1) is 5.41 Å². The van der Waals surface area contributed by atoms with Gasteiger partial charge in [0.05, 0.1) is 10.4 Å². The van der Waals surface area contributed by atoms with E-state index in [-0.39, 0.29) is 17.5 Å². The second-order valence-corrected chi connectivity index (χ2v) is 8.81. The van der Waals surface area contributed by atoms with Gasteiger partial charge in [0.25, 0.3) is 0 Å². The minimum Gasteiger partial charge on any atom is -0.461 e. The fourth-order valence-corrected chi connectivity index (χ4v) is 5.65. The molecule has 0 amide bonds. The summed E-state index contributed by atoms with van der Waals surface area (Å²) in [5.41, 5.74) is -0.244. The maximum atomic E-state index is 12.4. The number of rotatable bonds is 4. The molecule has 0 saturated carbocycles. The summed E-state index contributed by atoms with van der Waals surface area (Å²) in [7, 11) is 2.07. The molecular formula is C19H23ClN2O2S. The van der Waals surface area contributed by atoms with Crippen LogP contribution in [0.5, 0.6) is 0 Å². The first kappa shape index (κ1) is 17.3. The summed E-state index contributed by atoms with van der Waals surface area (Å²) in [4.78, 5) is 15.8. The molecule has 0 bridgehead atoms. The SMILES string of the molecule is CN(Cc1sc2ccccc2c1Cl)CC1CC2(CCNCC2)C(=O)O1. The summed E-state index contributed by atoms with van der Waals surface area (Å²) >= 11 is 8.29. The maximum Gasteiger partial charge on any atom is 0.312 e. The summed E-state index contributed by atoms with van der Waals surface area (Å²) in [6.45, 7) is 3.36. The average molecular weight is 379 g/mol. The molecule has 2 saturated heterocycles. The van der Waals surface area contributed by atoms with Crippen LogP contribution in [0.3, 0.4) is 0 Å². The van der Waals surface area contributed by atoms with Crippen molar-refractivity contribution >= 4 is 39.0 Å². The number of cyclic esters (lactones) is 1. The quantitative estimate of drug-likeness (QED) is 0.824. The molecule has 2 aliphatic rings. The highest BCUT2D eigenvalue weighted by molar-refractivity contribution is 7.19. The van der Waals surface area contributed by atoms with Crippen molar-refractivity contribution in [1.82, 2.24) is 10.2 Å². The number of esters is 1. The zero-order valence-corrected chi connectivity index (χ0v) is 16.0. The van der Waals surface area contributed by atoms with E-state index >= 15 is 0 Å². The monoisotopic (exact) mass is 378 g/mol. The highest BCUT2D eigenvalue weighted by atomic mass is 35.5. The molecule has 1 aromatic heterocycles. The number of thiophene rings is 1. The predicted molar refractivity (Wildman–Crippen MR) is 102 cm³/mol. The van der Waals surface area contributed by atoms with Crippen molar-refractivity contribution < 1.29 is 9.53 Å². The van der Waals surface area contributed by atoms with Crippen LogP contribution in [0.4, 0.5) is 0 Å². The fourth-order valence-electron chi connectivity index (χ4n) is 4.08. The van der Waals surface area contributed by atoms with Crippen molar-refractivity contribution in [2.75, 3.05) is 26.7 Å². The van der Waals surface area contributed by atoms with E-state index in [9.17, 15) is 4.79 Å². The van der Waals surface area contributed by atoms with Crippen molar-refractivity contribution in [3.63, 3.8) is 0 Å². The Hall–Kier alpha value is -1.14. The summed E-state index contributed by atoms with van der Waals surface area (Å²) in [5, 5.41) is 5.31. The Morgan fingerprint density at radius 1 is 1.36 bits per heavy atom. The molecule has 1 unspecified atom stereocenters. The first-order valence-electron chi connectivity index (χ1n) is 8.84. The van der Waals surface area contributed by atoms with Gasteiger partial charge >= 0.3 is 5.97 Å². The summed E-state index contributed by atoms with van der Waals surface area (Å²) in [6, 6.07) is 8.23. The van der Waals surface area contributed by atoms with Crippen LogP contribution < -0.4 is 5.32 Å². The standard InChI is InChI=1S/C19H23ClN2O2S/c1-22(12-16-17(20)14-4-2-3-5-15(14)25-16)11-13-10-19(18(23)24-13)6-8-21-9-7-19/h2-5,13,21H,6-12H2,1H3. The largest absolute Gasteiger partial charge is 0.461 e. The van der Waals surface area contributed by atoms with Crippen LogP contribution in [0.15, 0.2) is 24.3 Å². The normalized spacial score (nSPS) is 22.8. The predicted octanol–water partition coefficient (Wildman–Crippen LogP) is 3.67. The topological polar surface area (TPSA) is 41.6 Å². The number of fused-ring (bicyclic) bond motifs is 1. The number of halogens is 1. The molecule has 0 aliphatic carbocycles. The molecule has 134 valence electrons. The molecule has 1 spiro atoms. The highest BCUT2D eigenvalue weighted by Crippen LogP contribution is 2.42. The van der Waals surface area contributed by atoms with E-state index in [0.29, 0.717) is 0 Å². The number of nitrogens with one attached hydrogen (secondary N) is 1. The van der Waals surface area contributed by atoms with Gasteiger partial charge in [-0.05, 0) is 39.0 Å². The number of likely N-dealkylation sites (N-methyl/N-ethyl adjacent to an activating group) is 1. The summed E-state index contributed by atoms with van der Waals surface area (Å²) in [6.07, 6.45) is 2.63. The zero-order valence-electron chi connectivity index (χ0n) is 14.4. The van der Waals surface area contributed by atoms with Crippen molar-refractivity contribution in [3.05, 3.63) is 34.2 Å². The van der Waals surface area contributed by atoms with Gasteiger partial charge in [-0.15, -0.1) is 11.3 Å². The van der Waals surface area contributed by atoms with Gasteiger partial charge in [0, 0.05) is 34.5 Å². The van der Waals surface area contributed by atoms with Crippen LogP contribution in [0.1, 0.15) is 24.1 Å².